The maximum atomic E-state index is 10.2. The summed E-state index contributed by atoms with van der Waals surface area (Å²) >= 11 is 0.887. The van der Waals surface area contributed by atoms with Gasteiger partial charge in [-0.1, -0.05) is 0 Å². The Labute approximate surface area is 50.1 Å². The van der Waals surface area contributed by atoms with Gasteiger partial charge in [0.15, 0.2) is 0 Å². The molecule has 0 atom stereocenters. The Bertz CT molecular complexity index is 142. The van der Waals surface area contributed by atoms with E-state index < -0.39 is 11.6 Å². The van der Waals surface area contributed by atoms with Crippen LogP contribution in [-0.4, -0.2) is 22.4 Å². The summed E-state index contributed by atoms with van der Waals surface area (Å²) in [6, 6.07) is 0. The van der Waals surface area contributed by atoms with Crippen molar-refractivity contribution in [3.05, 3.63) is 5.44 Å². The van der Waals surface area contributed by atoms with Crippen molar-refractivity contribution in [2.75, 3.05) is 5.75 Å². The molecule has 43 valence electrons. The molecule has 0 aromatic carbocycles. The number of aliphatic hydroxyl groups is 1. The molecule has 4 heteroatoms. The number of hydrogen-bond acceptors (Lipinski definition) is 4. The summed E-state index contributed by atoms with van der Waals surface area (Å²) in [6.07, 6.45) is 0. The Balaban J connectivity index is 2.71. The molecule has 1 radical (unpaired) electrons. The van der Waals surface area contributed by atoms with Crippen LogP contribution >= 0.6 is 11.8 Å². The van der Waals surface area contributed by atoms with Gasteiger partial charge in [-0.2, -0.15) is 0 Å². The fourth-order valence-corrected chi connectivity index (χ4v) is 1.03. The molecule has 3 nitrogen and oxygen atoms in total. The summed E-state index contributed by atoms with van der Waals surface area (Å²) in [5.41, 5.74) is -0.366. The third kappa shape index (κ3) is 0.763. The first-order valence-corrected chi connectivity index (χ1v) is 2.96. The van der Waals surface area contributed by atoms with Crippen LogP contribution in [-0.2, 0) is 9.59 Å². The van der Waals surface area contributed by atoms with Gasteiger partial charge in [0.1, 0.15) is 0 Å². The molecule has 1 aliphatic heterocycles. The Morgan fingerprint density at radius 1 is 1.50 bits per heavy atom. The molecule has 1 heterocycles. The average molecular weight is 131 g/mol. The van der Waals surface area contributed by atoms with Crippen LogP contribution in [0.25, 0.3) is 0 Å². The highest BCUT2D eigenvalue weighted by Crippen LogP contribution is 2.24. The van der Waals surface area contributed by atoms with Crippen molar-refractivity contribution in [3.63, 3.8) is 0 Å². The highest BCUT2D eigenvalue weighted by molar-refractivity contribution is 8.04. The van der Waals surface area contributed by atoms with E-state index in [1.807, 2.05) is 0 Å². The third-order valence-electron chi connectivity index (χ3n) is 0.787. The average Bonchev–Trinajstić information content (AvgIpc) is 1.98. The standard InChI is InChI=1S/C4H3O3S/c5-2-1-8-4(7)3(2)6/h7H,1H2. The lowest BCUT2D eigenvalue weighted by atomic mass is 10.3. The summed E-state index contributed by atoms with van der Waals surface area (Å²) in [6.45, 7) is 0. The van der Waals surface area contributed by atoms with Crippen LogP contribution in [0.4, 0.5) is 0 Å². The lowest BCUT2D eigenvalue weighted by molar-refractivity contribution is -0.134. The third-order valence-corrected chi connectivity index (χ3v) is 1.65. The van der Waals surface area contributed by atoms with E-state index in [1.165, 1.54) is 0 Å². The van der Waals surface area contributed by atoms with Crippen molar-refractivity contribution in [2.24, 2.45) is 0 Å². The number of Topliss-reactive ketones (excluding diaryl/α,β-unsaturated/α-hetero) is 2. The lowest BCUT2D eigenvalue weighted by Crippen LogP contribution is -2.11. The minimum atomic E-state index is -0.741. The lowest BCUT2D eigenvalue weighted by Gasteiger charge is -1.86. The number of hydrogen-bond donors (Lipinski definition) is 1. The largest absolute Gasteiger partial charge is 0.369 e. The van der Waals surface area contributed by atoms with Crippen LogP contribution < -0.4 is 0 Å². The molecule has 1 aliphatic rings. The molecule has 0 unspecified atom stereocenters. The van der Waals surface area contributed by atoms with E-state index in [4.69, 9.17) is 5.11 Å². The van der Waals surface area contributed by atoms with Crippen molar-refractivity contribution < 1.29 is 14.7 Å². The summed E-state index contributed by atoms with van der Waals surface area (Å²) in [5.74, 6) is -1.15. The molecule has 0 aromatic heterocycles. The number of rotatable bonds is 0. The van der Waals surface area contributed by atoms with Crippen LogP contribution in [0.3, 0.4) is 0 Å². The summed E-state index contributed by atoms with van der Waals surface area (Å²) in [5, 5.41) is 8.48. The van der Waals surface area contributed by atoms with E-state index >= 15 is 0 Å². The fourth-order valence-electron chi connectivity index (χ4n) is 0.384. The van der Waals surface area contributed by atoms with Crippen molar-refractivity contribution >= 4 is 23.3 Å². The maximum absolute atomic E-state index is 10.2. The molecular formula is C4H3O3S. The van der Waals surface area contributed by atoms with Gasteiger partial charge in [0.25, 0.3) is 0 Å². The van der Waals surface area contributed by atoms with Gasteiger partial charge >= 0.3 is 0 Å². The number of carbonyl (C=O) groups is 2. The van der Waals surface area contributed by atoms with E-state index in [1.54, 1.807) is 0 Å². The number of carbonyl (C=O) groups excluding carboxylic acids is 2. The van der Waals surface area contributed by atoms with Gasteiger partial charge < -0.3 is 5.11 Å². The Hall–Kier alpha value is -0.350. The topological polar surface area (TPSA) is 54.4 Å². The molecule has 8 heavy (non-hydrogen) atoms. The van der Waals surface area contributed by atoms with Gasteiger partial charge in [0.05, 0.1) is 5.75 Å². The Kier molecular flexibility index (Phi) is 1.35. The number of ketones is 2. The zero-order valence-corrected chi connectivity index (χ0v) is 4.70. The predicted octanol–water partition coefficient (Wildman–Crippen LogP) is -0.267. The molecule has 0 spiro atoms. The first-order chi connectivity index (χ1) is 3.72. The maximum Gasteiger partial charge on any atom is 0.245 e. The first-order valence-electron chi connectivity index (χ1n) is 1.98. The smallest absolute Gasteiger partial charge is 0.245 e. The summed E-state index contributed by atoms with van der Waals surface area (Å²) in [4.78, 5) is 20.5. The second-order valence-corrected chi connectivity index (χ2v) is 2.31. The molecule has 0 saturated carbocycles. The van der Waals surface area contributed by atoms with Crippen molar-refractivity contribution in [3.8, 4) is 0 Å². The summed E-state index contributed by atoms with van der Waals surface area (Å²) in [7, 11) is 0. The van der Waals surface area contributed by atoms with Crippen LogP contribution in [0.15, 0.2) is 0 Å². The minimum absolute atomic E-state index is 0.102. The van der Waals surface area contributed by atoms with Crippen molar-refractivity contribution in [1.29, 1.82) is 0 Å². The molecule has 0 amide bonds. The van der Waals surface area contributed by atoms with Crippen LogP contribution in [0.1, 0.15) is 0 Å². The van der Waals surface area contributed by atoms with Crippen LogP contribution in [0, 0.1) is 5.44 Å². The molecule has 0 aromatic rings. The second kappa shape index (κ2) is 1.87. The molecule has 0 aliphatic carbocycles. The van der Waals surface area contributed by atoms with Crippen molar-refractivity contribution in [1.82, 2.24) is 0 Å². The molecule has 0 bridgehead atoms. The van der Waals surface area contributed by atoms with E-state index in [-0.39, 0.29) is 11.2 Å². The fraction of sp³-hybridized carbons (Fsp3) is 0.250. The van der Waals surface area contributed by atoms with E-state index in [2.05, 4.69) is 0 Å². The second-order valence-electron chi connectivity index (χ2n) is 1.35. The van der Waals surface area contributed by atoms with Gasteiger partial charge in [0.2, 0.25) is 17.0 Å². The highest BCUT2D eigenvalue weighted by Gasteiger charge is 2.32. The van der Waals surface area contributed by atoms with Crippen molar-refractivity contribution in [2.45, 2.75) is 0 Å². The number of thioether (sulfide) groups is 1. The Morgan fingerprint density at radius 3 is 2.25 bits per heavy atom. The van der Waals surface area contributed by atoms with E-state index in [0.717, 1.165) is 11.8 Å². The SMILES string of the molecule is O=C1CS[C](O)C1=O. The van der Waals surface area contributed by atoms with E-state index in [0.29, 0.717) is 0 Å². The molecule has 1 N–H and O–H groups in total. The molecule has 1 saturated heterocycles. The summed E-state index contributed by atoms with van der Waals surface area (Å²) < 4.78 is 0. The molecule has 1 rings (SSSR count). The monoisotopic (exact) mass is 131 g/mol. The van der Waals surface area contributed by atoms with Crippen LogP contribution in [0.5, 0.6) is 0 Å². The van der Waals surface area contributed by atoms with Gasteiger partial charge in [-0.3, -0.25) is 9.59 Å². The zero-order valence-electron chi connectivity index (χ0n) is 3.88. The highest BCUT2D eigenvalue weighted by atomic mass is 32.2. The first kappa shape index (κ1) is 5.78. The molecular weight excluding hydrogens is 128 g/mol. The van der Waals surface area contributed by atoms with E-state index in [9.17, 15) is 9.59 Å². The van der Waals surface area contributed by atoms with Crippen LogP contribution in [0.2, 0.25) is 0 Å². The molecule has 1 fully saturated rings. The van der Waals surface area contributed by atoms with Gasteiger partial charge in [-0.25, -0.2) is 0 Å². The minimum Gasteiger partial charge on any atom is -0.369 e. The van der Waals surface area contributed by atoms with Gasteiger partial charge in [-0.15, -0.1) is 11.8 Å². The zero-order chi connectivity index (χ0) is 6.15. The normalized spacial score (nSPS) is 22.6. The quantitative estimate of drug-likeness (QED) is 0.460. The van der Waals surface area contributed by atoms with Gasteiger partial charge in [0, 0.05) is 0 Å². The number of aliphatic hydroxyl groups excluding tert-OH is 1. The van der Waals surface area contributed by atoms with Gasteiger partial charge in [-0.05, 0) is 0 Å². The Morgan fingerprint density at radius 2 is 2.12 bits per heavy atom. The predicted molar refractivity (Wildman–Crippen MR) is 27.7 cm³/mol.